The van der Waals surface area contributed by atoms with Crippen molar-refractivity contribution in [2.24, 2.45) is 11.3 Å². The van der Waals surface area contributed by atoms with Gasteiger partial charge in [-0.3, -0.25) is 4.79 Å². The second kappa shape index (κ2) is 3.65. The highest BCUT2D eigenvalue weighted by Crippen LogP contribution is 2.52. The van der Waals surface area contributed by atoms with E-state index in [1.165, 1.54) is 12.1 Å². The van der Waals surface area contributed by atoms with E-state index in [0.717, 1.165) is 12.5 Å². The van der Waals surface area contributed by atoms with Crippen LogP contribution in [0.2, 0.25) is 0 Å². The summed E-state index contributed by atoms with van der Waals surface area (Å²) in [6.07, 6.45) is 0.848. The number of rotatable bonds is 3. The smallest absolute Gasteiger partial charge is 0.162 e. The van der Waals surface area contributed by atoms with Crippen molar-refractivity contribution in [1.82, 2.24) is 0 Å². The van der Waals surface area contributed by atoms with Crippen LogP contribution in [-0.4, -0.2) is 5.78 Å². The Balaban J connectivity index is 2.10. The normalized spacial score (nSPS) is 21.9. The third-order valence-electron chi connectivity index (χ3n) is 3.30. The fourth-order valence-electron chi connectivity index (χ4n) is 2.01. The molecule has 0 aromatic heterocycles. The van der Waals surface area contributed by atoms with Gasteiger partial charge in [-0.15, -0.1) is 0 Å². The van der Waals surface area contributed by atoms with Gasteiger partial charge in [0.1, 0.15) is 5.78 Å². The molecule has 1 unspecified atom stereocenters. The lowest BCUT2D eigenvalue weighted by Gasteiger charge is -2.04. The summed E-state index contributed by atoms with van der Waals surface area (Å²) < 4.78 is 26.2. The lowest BCUT2D eigenvalue weighted by molar-refractivity contribution is -0.120. The molecular weight excluding hydrogens is 210 g/mol. The first kappa shape index (κ1) is 11.2. The number of benzene rings is 1. The molecule has 0 amide bonds. The Morgan fingerprint density at radius 1 is 1.44 bits per heavy atom. The van der Waals surface area contributed by atoms with Crippen LogP contribution in [0.3, 0.4) is 0 Å². The molecule has 0 heterocycles. The van der Waals surface area contributed by atoms with Gasteiger partial charge in [0, 0.05) is 12.3 Å². The summed E-state index contributed by atoms with van der Waals surface area (Å²) in [5, 5.41) is 0. The summed E-state index contributed by atoms with van der Waals surface area (Å²) in [5.74, 6) is -1.76. The standard InChI is InChI=1S/C13H14F2O/c1-13(2)7-9(13)11(16)6-8-4-3-5-10(14)12(8)15/h3-5,9H,6-7H2,1-2H3. The molecule has 1 saturated carbocycles. The van der Waals surface area contributed by atoms with Crippen LogP contribution in [0.15, 0.2) is 18.2 Å². The Morgan fingerprint density at radius 3 is 2.62 bits per heavy atom. The molecule has 16 heavy (non-hydrogen) atoms. The summed E-state index contributed by atoms with van der Waals surface area (Å²) in [6.45, 7) is 4.02. The van der Waals surface area contributed by atoms with Crippen molar-refractivity contribution in [3.05, 3.63) is 35.4 Å². The highest BCUT2D eigenvalue weighted by molar-refractivity contribution is 5.86. The Hall–Kier alpha value is -1.25. The third kappa shape index (κ3) is 1.99. The third-order valence-corrected chi connectivity index (χ3v) is 3.30. The Bertz CT molecular complexity index is 438. The molecule has 3 heteroatoms. The van der Waals surface area contributed by atoms with Gasteiger partial charge in [0.15, 0.2) is 11.6 Å². The van der Waals surface area contributed by atoms with E-state index in [1.54, 1.807) is 0 Å². The van der Waals surface area contributed by atoms with Gasteiger partial charge >= 0.3 is 0 Å². The van der Waals surface area contributed by atoms with Crippen molar-refractivity contribution < 1.29 is 13.6 Å². The molecule has 1 nitrogen and oxygen atoms in total. The molecule has 0 radical (unpaired) electrons. The second-order valence-corrected chi connectivity index (χ2v) is 5.10. The number of ketones is 1. The predicted molar refractivity (Wildman–Crippen MR) is 57.0 cm³/mol. The first-order valence-corrected chi connectivity index (χ1v) is 5.37. The fourth-order valence-corrected chi connectivity index (χ4v) is 2.01. The minimum atomic E-state index is -0.894. The summed E-state index contributed by atoms with van der Waals surface area (Å²) >= 11 is 0. The first-order valence-electron chi connectivity index (χ1n) is 5.37. The zero-order valence-corrected chi connectivity index (χ0v) is 9.39. The molecule has 1 aliphatic carbocycles. The van der Waals surface area contributed by atoms with Crippen LogP contribution in [0.1, 0.15) is 25.8 Å². The van der Waals surface area contributed by atoms with Gasteiger partial charge in [-0.05, 0) is 23.5 Å². The molecule has 1 fully saturated rings. The topological polar surface area (TPSA) is 17.1 Å². The minimum absolute atomic E-state index is 0.00229. The zero-order chi connectivity index (χ0) is 11.9. The molecule has 1 aromatic rings. The Morgan fingerprint density at radius 2 is 2.06 bits per heavy atom. The van der Waals surface area contributed by atoms with E-state index in [2.05, 4.69) is 0 Å². The predicted octanol–water partition coefficient (Wildman–Crippen LogP) is 3.12. The van der Waals surface area contributed by atoms with Crippen LogP contribution in [-0.2, 0) is 11.2 Å². The fraction of sp³-hybridized carbons (Fsp3) is 0.462. The van der Waals surface area contributed by atoms with Gasteiger partial charge in [-0.1, -0.05) is 26.0 Å². The van der Waals surface area contributed by atoms with E-state index in [4.69, 9.17) is 0 Å². The monoisotopic (exact) mass is 224 g/mol. The van der Waals surface area contributed by atoms with Gasteiger partial charge in [-0.25, -0.2) is 8.78 Å². The van der Waals surface area contributed by atoms with E-state index >= 15 is 0 Å². The SMILES string of the molecule is CC1(C)CC1C(=O)Cc1cccc(F)c1F. The largest absolute Gasteiger partial charge is 0.299 e. The molecule has 0 aliphatic heterocycles. The molecule has 86 valence electrons. The average Bonchev–Trinajstić information content (AvgIpc) is 2.83. The summed E-state index contributed by atoms with van der Waals surface area (Å²) in [7, 11) is 0. The quantitative estimate of drug-likeness (QED) is 0.771. The van der Waals surface area contributed by atoms with Gasteiger partial charge in [0.05, 0.1) is 0 Å². The number of halogens is 2. The molecule has 1 atom stereocenters. The first-order chi connectivity index (χ1) is 7.42. The summed E-state index contributed by atoms with van der Waals surface area (Å²) in [6, 6.07) is 3.95. The molecular formula is C13H14F2O. The van der Waals surface area contributed by atoms with Crippen molar-refractivity contribution in [3.63, 3.8) is 0 Å². The average molecular weight is 224 g/mol. The molecule has 0 N–H and O–H groups in total. The van der Waals surface area contributed by atoms with E-state index in [0.29, 0.717) is 0 Å². The van der Waals surface area contributed by atoms with Crippen LogP contribution in [0.25, 0.3) is 0 Å². The molecule has 2 rings (SSSR count). The second-order valence-electron chi connectivity index (χ2n) is 5.10. The van der Waals surface area contributed by atoms with Crippen LogP contribution >= 0.6 is 0 Å². The molecule has 0 saturated heterocycles. The number of hydrogen-bond acceptors (Lipinski definition) is 1. The van der Waals surface area contributed by atoms with Crippen molar-refractivity contribution in [2.45, 2.75) is 26.7 Å². The highest BCUT2D eigenvalue weighted by atomic mass is 19.2. The lowest BCUT2D eigenvalue weighted by atomic mass is 10.0. The highest BCUT2D eigenvalue weighted by Gasteiger charge is 2.49. The van der Waals surface area contributed by atoms with Crippen LogP contribution in [0.5, 0.6) is 0 Å². The van der Waals surface area contributed by atoms with Gasteiger partial charge in [0.2, 0.25) is 0 Å². The molecule has 0 spiro atoms. The summed E-state index contributed by atoms with van der Waals surface area (Å²) in [4.78, 5) is 11.8. The lowest BCUT2D eigenvalue weighted by Crippen LogP contribution is -2.10. The van der Waals surface area contributed by atoms with Crippen molar-refractivity contribution >= 4 is 5.78 Å². The molecule has 1 aliphatic rings. The maximum Gasteiger partial charge on any atom is 0.162 e. The molecule has 0 bridgehead atoms. The van der Waals surface area contributed by atoms with Gasteiger partial charge < -0.3 is 0 Å². The van der Waals surface area contributed by atoms with E-state index in [1.807, 2.05) is 13.8 Å². The van der Waals surface area contributed by atoms with Crippen molar-refractivity contribution in [3.8, 4) is 0 Å². The number of Topliss-reactive ketones (excluding diaryl/α,β-unsaturated/α-hetero) is 1. The molecule has 1 aromatic carbocycles. The van der Waals surface area contributed by atoms with Gasteiger partial charge in [-0.2, -0.15) is 0 Å². The van der Waals surface area contributed by atoms with Crippen molar-refractivity contribution in [2.75, 3.05) is 0 Å². The maximum atomic E-state index is 13.3. The number of carbonyl (C=O) groups excluding carboxylic acids is 1. The van der Waals surface area contributed by atoms with Crippen LogP contribution < -0.4 is 0 Å². The Kier molecular flexibility index (Phi) is 2.56. The number of carbonyl (C=O) groups is 1. The van der Waals surface area contributed by atoms with Crippen LogP contribution in [0.4, 0.5) is 8.78 Å². The van der Waals surface area contributed by atoms with E-state index < -0.39 is 11.6 Å². The Labute approximate surface area is 93.5 Å². The zero-order valence-electron chi connectivity index (χ0n) is 9.39. The summed E-state index contributed by atoms with van der Waals surface area (Å²) in [5.41, 5.74) is 0.202. The number of hydrogen-bond donors (Lipinski definition) is 0. The van der Waals surface area contributed by atoms with E-state index in [-0.39, 0.29) is 29.1 Å². The van der Waals surface area contributed by atoms with Crippen molar-refractivity contribution in [1.29, 1.82) is 0 Å². The maximum absolute atomic E-state index is 13.3. The van der Waals surface area contributed by atoms with Crippen LogP contribution in [0, 0.1) is 23.0 Å². The van der Waals surface area contributed by atoms with E-state index in [9.17, 15) is 13.6 Å². The van der Waals surface area contributed by atoms with Gasteiger partial charge in [0.25, 0.3) is 0 Å². The minimum Gasteiger partial charge on any atom is -0.299 e.